The van der Waals surface area contributed by atoms with Crippen molar-refractivity contribution in [2.45, 2.75) is 12.6 Å². The van der Waals surface area contributed by atoms with Crippen LogP contribution in [0.5, 0.6) is 0 Å². The number of para-hydroxylation sites is 1. The van der Waals surface area contributed by atoms with E-state index in [9.17, 15) is 14.3 Å². The van der Waals surface area contributed by atoms with Gasteiger partial charge in [0.15, 0.2) is 0 Å². The largest absolute Gasteiger partial charge is 0.389 e. The van der Waals surface area contributed by atoms with Crippen molar-refractivity contribution >= 4 is 16.6 Å². The number of aliphatic hydroxyl groups excluding tert-OH is 1. The lowest BCUT2D eigenvalue weighted by Crippen LogP contribution is -2.32. The summed E-state index contributed by atoms with van der Waals surface area (Å²) in [6, 6.07) is 22.5. The number of benzene rings is 3. The van der Waals surface area contributed by atoms with Crippen molar-refractivity contribution in [2.75, 3.05) is 11.9 Å². The van der Waals surface area contributed by atoms with Crippen LogP contribution in [0.4, 0.5) is 10.1 Å². The van der Waals surface area contributed by atoms with Gasteiger partial charge in [-0.3, -0.25) is 9.36 Å². The fraction of sp³-hybridized carbons (Fsp3) is 0.130. The summed E-state index contributed by atoms with van der Waals surface area (Å²) in [5, 5.41) is 14.1. The highest BCUT2D eigenvalue weighted by atomic mass is 19.1. The molecule has 4 rings (SSSR count). The number of rotatable bonds is 6. The van der Waals surface area contributed by atoms with Crippen molar-refractivity contribution in [3.63, 3.8) is 0 Å². The van der Waals surface area contributed by atoms with Crippen molar-refractivity contribution < 1.29 is 9.50 Å². The highest BCUT2D eigenvalue weighted by Gasteiger charge is 2.15. The quantitative estimate of drug-likeness (QED) is 0.528. The molecule has 0 radical (unpaired) electrons. The number of nitrogens with zero attached hydrogens (tertiary/aromatic N) is 2. The number of aliphatic hydroxyl groups is 1. The van der Waals surface area contributed by atoms with Crippen molar-refractivity contribution in [3.05, 3.63) is 95.0 Å². The van der Waals surface area contributed by atoms with Crippen LogP contribution in [0.3, 0.4) is 0 Å². The molecule has 5 nitrogen and oxygen atoms in total. The van der Waals surface area contributed by atoms with E-state index in [-0.39, 0.29) is 24.5 Å². The summed E-state index contributed by atoms with van der Waals surface area (Å²) in [6.07, 6.45) is -0.844. The van der Waals surface area contributed by atoms with Crippen molar-refractivity contribution in [3.8, 4) is 11.4 Å². The number of nitrogens with one attached hydrogen (secondary N) is 1. The fourth-order valence-corrected chi connectivity index (χ4v) is 3.22. The maximum absolute atomic E-state index is 13.1. The lowest BCUT2D eigenvalue weighted by molar-refractivity contribution is 0.165. The first kappa shape index (κ1) is 18.8. The minimum atomic E-state index is -0.844. The molecule has 0 spiro atoms. The summed E-state index contributed by atoms with van der Waals surface area (Å²) >= 11 is 0. The first-order chi connectivity index (χ1) is 14.1. The van der Waals surface area contributed by atoms with Gasteiger partial charge in [-0.2, -0.15) is 0 Å². The molecule has 1 aromatic heterocycles. The zero-order valence-electron chi connectivity index (χ0n) is 15.6. The first-order valence-electron chi connectivity index (χ1n) is 9.34. The van der Waals surface area contributed by atoms with E-state index in [4.69, 9.17) is 0 Å². The normalized spacial score (nSPS) is 12.1. The Morgan fingerprint density at radius 3 is 2.41 bits per heavy atom. The summed E-state index contributed by atoms with van der Waals surface area (Å²) in [5.74, 6) is 0.188. The second-order valence-electron chi connectivity index (χ2n) is 6.78. The summed E-state index contributed by atoms with van der Waals surface area (Å²) in [7, 11) is 0. The summed E-state index contributed by atoms with van der Waals surface area (Å²) in [5.41, 5.74) is 1.91. The molecule has 0 aliphatic carbocycles. The molecule has 4 aromatic rings. The Morgan fingerprint density at radius 2 is 1.66 bits per heavy atom. The minimum Gasteiger partial charge on any atom is -0.389 e. The van der Waals surface area contributed by atoms with Crippen LogP contribution in [0.15, 0.2) is 83.7 Å². The van der Waals surface area contributed by atoms with Gasteiger partial charge in [0, 0.05) is 17.8 Å². The van der Waals surface area contributed by atoms with Gasteiger partial charge in [0.05, 0.1) is 23.6 Å². The van der Waals surface area contributed by atoms with E-state index < -0.39 is 6.10 Å². The predicted molar refractivity (Wildman–Crippen MR) is 112 cm³/mol. The Bertz CT molecular complexity index is 1170. The van der Waals surface area contributed by atoms with Crippen LogP contribution in [0.2, 0.25) is 0 Å². The van der Waals surface area contributed by atoms with Crippen LogP contribution in [-0.4, -0.2) is 27.3 Å². The molecule has 6 heteroatoms. The average Bonchev–Trinajstić information content (AvgIpc) is 2.76. The van der Waals surface area contributed by atoms with Gasteiger partial charge in [0.25, 0.3) is 5.56 Å². The van der Waals surface area contributed by atoms with Crippen molar-refractivity contribution in [1.29, 1.82) is 0 Å². The second kappa shape index (κ2) is 8.24. The lowest BCUT2D eigenvalue weighted by atomic mass is 10.1. The number of aromatic nitrogens is 2. The third-order valence-corrected chi connectivity index (χ3v) is 4.67. The Balaban J connectivity index is 1.65. The molecule has 0 bridgehead atoms. The average molecular weight is 389 g/mol. The molecule has 1 atom stereocenters. The molecule has 0 aliphatic rings. The minimum absolute atomic E-state index is 0.0785. The van der Waals surface area contributed by atoms with Crippen LogP contribution in [0.25, 0.3) is 22.3 Å². The standard InChI is InChI=1S/C23H20FN3O2/c24-17-10-12-18(13-11-17)25-14-19(28)15-27-22(16-6-2-1-3-7-16)26-21-9-5-4-8-20(21)23(27)29/h1-13,19,25,28H,14-15H2. The van der Waals surface area contributed by atoms with Gasteiger partial charge in [-0.1, -0.05) is 42.5 Å². The number of hydrogen-bond donors (Lipinski definition) is 2. The zero-order valence-corrected chi connectivity index (χ0v) is 15.6. The topological polar surface area (TPSA) is 67.2 Å². The number of halogens is 1. The van der Waals surface area contributed by atoms with Gasteiger partial charge in [0.1, 0.15) is 11.6 Å². The Kier molecular flexibility index (Phi) is 5.35. The van der Waals surface area contributed by atoms with E-state index in [1.54, 1.807) is 30.3 Å². The maximum atomic E-state index is 13.1. The van der Waals surface area contributed by atoms with Crippen molar-refractivity contribution in [1.82, 2.24) is 9.55 Å². The highest BCUT2D eigenvalue weighted by molar-refractivity contribution is 5.79. The second-order valence-corrected chi connectivity index (χ2v) is 6.78. The van der Waals surface area contributed by atoms with Crippen LogP contribution < -0.4 is 10.9 Å². The van der Waals surface area contributed by atoms with Crippen LogP contribution in [-0.2, 0) is 6.54 Å². The molecular weight excluding hydrogens is 369 g/mol. The number of hydrogen-bond acceptors (Lipinski definition) is 4. The molecule has 0 saturated carbocycles. The maximum Gasteiger partial charge on any atom is 0.261 e. The van der Waals surface area contributed by atoms with E-state index in [0.717, 1.165) is 5.56 Å². The molecule has 0 fully saturated rings. The Morgan fingerprint density at radius 1 is 0.966 bits per heavy atom. The van der Waals surface area contributed by atoms with Gasteiger partial charge < -0.3 is 10.4 Å². The monoisotopic (exact) mass is 389 g/mol. The Labute approximate surface area is 167 Å². The predicted octanol–water partition coefficient (Wildman–Crippen LogP) is 3.68. The molecule has 2 N–H and O–H groups in total. The number of fused-ring (bicyclic) bond motifs is 1. The van der Waals surface area contributed by atoms with Gasteiger partial charge >= 0.3 is 0 Å². The van der Waals surface area contributed by atoms with E-state index >= 15 is 0 Å². The van der Waals surface area contributed by atoms with E-state index in [2.05, 4.69) is 10.3 Å². The molecule has 3 aromatic carbocycles. The van der Waals surface area contributed by atoms with E-state index in [1.165, 1.54) is 16.7 Å². The fourth-order valence-electron chi connectivity index (χ4n) is 3.22. The highest BCUT2D eigenvalue weighted by Crippen LogP contribution is 2.19. The molecule has 146 valence electrons. The molecule has 0 amide bonds. The van der Waals surface area contributed by atoms with Crippen LogP contribution >= 0.6 is 0 Å². The van der Waals surface area contributed by atoms with Gasteiger partial charge in [-0.15, -0.1) is 0 Å². The van der Waals surface area contributed by atoms with Crippen molar-refractivity contribution in [2.24, 2.45) is 0 Å². The molecule has 1 unspecified atom stereocenters. The Hall–Kier alpha value is -3.51. The van der Waals surface area contributed by atoms with Crippen LogP contribution in [0, 0.1) is 5.82 Å². The van der Waals surface area contributed by atoms with E-state index in [1.807, 2.05) is 36.4 Å². The molecular formula is C23H20FN3O2. The third-order valence-electron chi connectivity index (χ3n) is 4.67. The SMILES string of the molecule is O=c1c2ccccc2nc(-c2ccccc2)n1CC(O)CNc1ccc(F)cc1. The van der Waals surface area contributed by atoms with E-state index in [0.29, 0.717) is 22.4 Å². The van der Waals surface area contributed by atoms with Gasteiger partial charge in [-0.25, -0.2) is 9.37 Å². The third kappa shape index (κ3) is 4.17. The lowest BCUT2D eigenvalue weighted by Gasteiger charge is -2.18. The van der Waals surface area contributed by atoms with Gasteiger partial charge in [0.2, 0.25) is 0 Å². The summed E-state index contributed by atoms with van der Waals surface area (Å²) in [4.78, 5) is 17.8. The smallest absolute Gasteiger partial charge is 0.261 e. The molecule has 1 heterocycles. The van der Waals surface area contributed by atoms with Gasteiger partial charge in [-0.05, 0) is 36.4 Å². The summed E-state index contributed by atoms with van der Waals surface area (Å²) < 4.78 is 14.5. The summed E-state index contributed by atoms with van der Waals surface area (Å²) in [6.45, 7) is 0.286. The molecule has 29 heavy (non-hydrogen) atoms. The molecule has 0 aliphatic heterocycles. The molecule has 0 saturated heterocycles. The zero-order chi connectivity index (χ0) is 20.2. The van der Waals surface area contributed by atoms with Crippen LogP contribution in [0.1, 0.15) is 0 Å². The first-order valence-corrected chi connectivity index (χ1v) is 9.34. The number of anilines is 1.